The average Bonchev–Trinajstić information content (AvgIpc) is 2.33. The summed E-state index contributed by atoms with van der Waals surface area (Å²) in [5.41, 5.74) is 0.427. The van der Waals surface area contributed by atoms with Gasteiger partial charge in [-0.25, -0.2) is 0 Å². The van der Waals surface area contributed by atoms with Crippen LogP contribution in [0, 0.1) is 11.3 Å². The molecule has 20 heavy (non-hydrogen) atoms. The zero-order chi connectivity index (χ0) is 15.3. The SMILES string of the molecule is CC(C)CNCCCOCCCOCCCC(C)(C)C. The third kappa shape index (κ3) is 17.9. The van der Waals surface area contributed by atoms with Gasteiger partial charge in [-0.3, -0.25) is 0 Å². The Balaban J connectivity index is 3.03. The first-order valence-corrected chi connectivity index (χ1v) is 8.28. The Bertz CT molecular complexity index is 200. The highest BCUT2D eigenvalue weighted by molar-refractivity contribution is 4.60. The van der Waals surface area contributed by atoms with Crippen LogP contribution in [-0.2, 0) is 9.47 Å². The minimum atomic E-state index is 0.427. The molecule has 0 amide bonds. The van der Waals surface area contributed by atoms with Crippen LogP contribution in [-0.4, -0.2) is 39.5 Å². The second-order valence-electron chi connectivity index (χ2n) is 7.19. The molecule has 0 unspecified atom stereocenters. The van der Waals surface area contributed by atoms with Gasteiger partial charge < -0.3 is 14.8 Å². The topological polar surface area (TPSA) is 30.5 Å². The highest BCUT2D eigenvalue weighted by atomic mass is 16.5. The number of hydrogen-bond donors (Lipinski definition) is 1. The number of ether oxygens (including phenoxy) is 2. The Morgan fingerprint density at radius 2 is 1.40 bits per heavy atom. The van der Waals surface area contributed by atoms with Gasteiger partial charge in [0.1, 0.15) is 0 Å². The van der Waals surface area contributed by atoms with Crippen LogP contribution in [0.4, 0.5) is 0 Å². The molecule has 122 valence electrons. The Morgan fingerprint density at radius 3 is 1.95 bits per heavy atom. The molecule has 0 spiro atoms. The number of hydrogen-bond acceptors (Lipinski definition) is 3. The van der Waals surface area contributed by atoms with E-state index < -0.39 is 0 Å². The molecule has 0 aliphatic carbocycles. The highest BCUT2D eigenvalue weighted by Crippen LogP contribution is 2.20. The van der Waals surface area contributed by atoms with E-state index in [0.717, 1.165) is 64.7 Å². The van der Waals surface area contributed by atoms with Crippen LogP contribution >= 0.6 is 0 Å². The molecule has 0 rings (SSSR count). The van der Waals surface area contributed by atoms with Crippen molar-refractivity contribution in [3.8, 4) is 0 Å². The fourth-order valence-electron chi connectivity index (χ4n) is 1.86. The van der Waals surface area contributed by atoms with E-state index in [1.807, 2.05) is 0 Å². The summed E-state index contributed by atoms with van der Waals surface area (Å²) in [6.07, 6.45) is 4.49. The van der Waals surface area contributed by atoms with Gasteiger partial charge in [-0.05, 0) is 50.1 Å². The first kappa shape index (κ1) is 19.9. The van der Waals surface area contributed by atoms with Crippen LogP contribution < -0.4 is 5.32 Å². The first-order valence-electron chi connectivity index (χ1n) is 8.28. The summed E-state index contributed by atoms with van der Waals surface area (Å²) in [7, 11) is 0. The Labute approximate surface area is 126 Å². The van der Waals surface area contributed by atoms with Crippen LogP contribution in [0.5, 0.6) is 0 Å². The zero-order valence-corrected chi connectivity index (χ0v) is 14.5. The van der Waals surface area contributed by atoms with Crippen molar-refractivity contribution in [2.24, 2.45) is 11.3 Å². The molecule has 3 nitrogen and oxygen atoms in total. The van der Waals surface area contributed by atoms with Crippen molar-refractivity contribution < 1.29 is 9.47 Å². The second kappa shape index (κ2) is 12.6. The quantitative estimate of drug-likeness (QED) is 0.522. The Hall–Kier alpha value is -0.120. The monoisotopic (exact) mass is 287 g/mol. The zero-order valence-electron chi connectivity index (χ0n) is 14.5. The summed E-state index contributed by atoms with van der Waals surface area (Å²) in [4.78, 5) is 0. The molecule has 0 radical (unpaired) electrons. The van der Waals surface area contributed by atoms with Crippen LogP contribution in [0.1, 0.15) is 60.3 Å². The third-order valence-electron chi connectivity index (χ3n) is 2.99. The lowest BCUT2D eigenvalue weighted by Crippen LogP contribution is -2.21. The molecule has 0 aliphatic heterocycles. The minimum absolute atomic E-state index is 0.427. The maximum Gasteiger partial charge on any atom is 0.0487 e. The van der Waals surface area contributed by atoms with E-state index in [-0.39, 0.29) is 0 Å². The van der Waals surface area contributed by atoms with Gasteiger partial charge in [-0.2, -0.15) is 0 Å². The first-order chi connectivity index (χ1) is 9.42. The Morgan fingerprint density at radius 1 is 0.850 bits per heavy atom. The lowest BCUT2D eigenvalue weighted by molar-refractivity contribution is 0.0775. The summed E-state index contributed by atoms with van der Waals surface area (Å²) in [5.74, 6) is 0.728. The van der Waals surface area contributed by atoms with Gasteiger partial charge in [0.25, 0.3) is 0 Å². The van der Waals surface area contributed by atoms with Gasteiger partial charge in [-0.15, -0.1) is 0 Å². The van der Waals surface area contributed by atoms with Crippen molar-refractivity contribution in [2.45, 2.75) is 60.3 Å². The van der Waals surface area contributed by atoms with Crippen LogP contribution in [0.25, 0.3) is 0 Å². The third-order valence-corrected chi connectivity index (χ3v) is 2.99. The predicted molar refractivity (Wildman–Crippen MR) is 87.3 cm³/mol. The molecule has 0 aromatic heterocycles. The van der Waals surface area contributed by atoms with E-state index in [2.05, 4.69) is 39.9 Å². The van der Waals surface area contributed by atoms with Gasteiger partial charge in [0, 0.05) is 26.4 Å². The maximum atomic E-state index is 5.61. The molecule has 0 aliphatic rings. The molecule has 1 N–H and O–H groups in total. The second-order valence-corrected chi connectivity index (χ2v) is 7.19. The van der Waals surface area contributed by atoms with Crippen LogP contribution in [0.3, 0.4) is 0 Å². The lowest BCUT2D eigenvalue weighted by atomic mass is 9.91. The average molecular weight is 287 g/mol. The van der Waals surface area contributed by atoms with Crippen molar-refractivity contribution in [1.82, 2.24) is 5.32 Å². The molecule has 0 aromatic rings. The number of nitrogens with one attached hydrogen (secondary N) is 1. The summed E-state index contributed by atoms with van der Waals surface area (Å²) in [6.45, 7) is 16.8. The fourth-order valence-corrected chi connectivity index (χ4v) is 1.86. The lowest BCUT2D eigenvalue weighted by Gasteiger charge is -2.17. The molecule has 0 aromatic carbocycles. The predicted octanol–water partition coefficient (Wildman–Crippen LogP) is 3.87. The van der Waals surface area contributed by atoms with E-state index in [9.17, 15) is 0 Å². The molecule has 0 atom stereocenters. The van der Waals surface area contributed by atoms with E-state index in [1.165, 1.54) is 6.42 Å². The van der Waals surface area contributed by atoms with Gasteiger partial charge in [0.15, 0.2) is 0 Å². The van der Waals surface area contributed by atoms with Gasteiger partial charge in [0.2, 0.25) is 0 Å². The summed E-state index contributed by atoms with van der Waals surface area (Å²) >= 11 is 0. The van der Waals surface area contributed by atoms with Crippen molar-refractivity contribution in [1.29, 1.82) is 0 Å². The van der Waals surface area contributed by atoms with Crippen molar-refractivity contribution in [3.63, 3.8) is 0 Å². The summed E-state index contributed by atoms with van der Waals surface area (Å²) in [5, 5.41) is 3.42. The van der Waals surface area contributed by atoms with Crippen molar-refractivity contribution in [2.75, 3.05) is 39.5 Å². The number of rotatable bonds is 13. The molecule has 0 fully saturated rings. The molecule has 3 heteroatoms. The van der Waals surface area contributed by atoms with Gasteiger partial charge in [-0.1, -0.05) is 34.6 Å². The normalized spacial score (nSPS) is 12.3. The van der Waals surface area contributed by atoms with E-state index in [1.54, 1.807) is 0 Å². The van der Waals surface area contributed by atoms with Gasteiger partial charge >= 0.3 is 0 Å². The molecule has 0 bridgehead atoms. The highest BCUT2D eigenvalue weighted by Gasteiger charge is 2.08. The molecule has 0 saturated carbocycles. The molecule has 0 saturated heterocycles. The standard InChI is InChI=1S/C17H37NO2/c1-16(2)15-18-10-7-12-20-14-8-13-19-11-6-9-17(3,4)5/h16,18H,6-15H2,1-5H3. The molecular formula is C17H37NO2. The molecular weight excluding hydrogens is 250 g/mol. The van der Waals surface area contributed by atoms with Gasteiger partial charge in [0.05, 0.1) is 0 Å². The largest absolute Gasteiger partial charge is 0.381 e. The Kier molecular flexibility index (Phi) is 12.5. The van der Waals surface area contributed by atoms with Crippen LogP contribution in [0.15, 0.2) is 0 Å². The molecule has 0 heterocycles. The minimum Gasteiger partial charge on any atom is -0.381 e. The summed E-state index contributed by atoms with van der Waals surface area (Å²) in [6, 6.07) is 0. The summed E-state index contributed by atoms with van der Waals surface area (Å²) < 4.78 is 11.2. The van der Waals surface area contributed by atoms with Crippen LogP contribution in [0.2, 0.25) is 0 Å². The van der Waals surface area contributed by atoms with E-state index in [0.29, 0.717) is 5.41 Å². The fraction of sp³-hybridized carbons (Fsp3) is 1.00. The van der Waals surface area contributed by atoms with Crippen molar-refractivity contribution in [3.05, 3.63) is 0 Å². The van der Waals surface area contributed by atoms with Crippen molar-refractivity contribution >= 4 is 0 Å². The van der Waals surface area contributed by atoms with E-state index >= 15 is 0 Å². The maximum absolute atomic E-state index is 5.61. The smallest absolute Gasteiger partial charge is 0.0487 e. The van der Waals surface area contributed by atoms with E-state index in [4.69, 9.17) is 9.47 Å².